The Balaban J connectivity index is 1.54. The van der Waals surface area contributed by atoms with E-state index in [0.717, 1.165) is 11.1 Å². The van der Waals surface area contributed by atoms with Crippen LogP contribution in [0.25, 0.3) is 6.08 Å². The Morgan fingerprint density at radius 1 is 0.844 bits per heavy atom. The van der Waals surface area contributed by atoms with Crippen molar-refractivity contribution in [3.63, 3.8) is 0 Å². The number of carbonyl (C=O) groups is 2. The molecule has 0 aliphatic heterocycles. The summed E-state index contributed by atoms with van der Waals surface area (Å²) in [5.41, 5.74) is 3.21. The number of hydrogen-bond donors (Lipinski definition) is 1. The predicted octanol–water partition coefficient (Wildman–Crippen LogP) is 4.08. The van der Waals surface area contributed by atoms with Crippen LogP contribution in [0, 0.1) is 13.8 Å². The smallest absolute Gasteiger partial charge is 0.339 e. The predicted molar refractivity (Wildman–Crippen MR) is 123 cm³/mol. The summed E-state index contributed by atoms with van der Waals surface area (Å²) in [6.45, 7) is 3.70. The van der Waals surface area contributed by atoms with Gasteiger partial charge in [-0.2, -0.15) is 8.42 Å². The van der Waals surface area contributed by atoms with E-state index in [1.165, 1.54) is 30.3 Å². The number of hydrogen-bond acceptors (Lipinski definition) is 5. The third kappa shape index (κ3) is 6.39. The highest BCUT2D eigenvalue weighted by atomic mass is 32.2. The largest absolute Gasteiger partial charge is 0.379 e. The monoisotopic (exact) mass is 449 g/mol. The molecule has 3 aromatic rings. The maximum atomic E-state index is 12.3. The van der Waals surface area contributed by atoms with Gasteiger partial charge in [-0.1, -0.05) is 59.7 Å². The van der Waals surface area contributed by atoms with Crippen molar-refractivity contribution in [2.24, 2.45) is 0 Å². The van der Waals surface area contributed by atoms with E-state index in [4.69, 9.17) is 4.18 Å². The zero-order valence-electron chi connectivity index (χ0n) is 17.7. The minimum absolute atomic E-state index is 0.0731. The quantitative estimate of drug-likeness (QED) is 0.318. The Kier molecular flexibility index (Phi) is 7.22. The van der Waals surface area contributed by atoms with Crippen molar-refractivity contribution in [3.8, 4) is 5.75 Å². The van der Waals surface area contributed by atoms with Crippen LogP contribution in [0.2, 0.25) is 0 Å². The van der Waals surface area contributed by atoms with Gasteiger partial charge in [0.25, 0.3) is 0 Å². The maximum Gasteiger partial charge on any atom is 0.339 e. The molecule has 0 saturated carbocycles. The summed E-state index contributed by atoms with van der Waals surface area (Å²) >= 11 is 0. The number of amides is 1. The van der Waals surface area contributed by atoms with E-state index in [1.54, 1.807) is 42.5 Å². The van der Waals surface area contributed by atoms with Gasteiger partial charge in [0.05, 0.1) is 6.54 Å². The Labute approximate surface area is 187 Å². The summed E-state index contributed by atoms with van der Waals surface area (Å²) in [6.07, 6.45) is 2.87. The first kappa shape index (κ1) is 23.0. The van der Waals surface area contributed by atoms with Crippen LogP contribution in [-0.4, -0.2) is 26.7 Å². The van der Waals surface area contributed by atoms with Gasteiger partial charge in [0.15, 0.2) is 5.78 Å². The van der Waals surface area contributed by atoms with Gasteiger partial charge in [-0.05, 0) is 49.8 Å². The van der Waals surface area contributed by atoms with E-state index in [-0.39, 0.29) is 23.0 Å². The van der Waals surface area contributed by atoms with E-state index in [2.05, 4.69) is 5.32 Å². The zero-order valence-corrected chi connectivity index (χ0v) is 18.6. The molecule has 0 spiro atoms. The lowest BCUT2D eigenvalue weighted by molar-refractivity contribution is -0.116. The molecule has 3 rings (SSSR count). The van der Waals surface area contributed by atoms with Crippen molar-refractivity contribution in [2.75, 3.05) is 6.54 Å². The molecular weight excluding hydrogens is 426 g/mol. The van der Waals surface area contributed by atoms with Gasteiger partial charge < -0.3 is 9.50 Å². The van der Waals surface area contributed by atoms with Crippen LogP contribution >= 0.6 is 0 Å². The molecule has 0 saturated heterocycles. The molecule has 6 nitrogen and oxygen atoms in total. The summed E-state index contributed by atoms with van der Waals surface area (Å²) in [4.78, 5) is 24.2. The van der Waals surface area contributed by atoms with Crippen LogP contribution < -0.4 is 9.50 Å². The Morgan fingerprint density at radius 3 is 2.00 bits per heavy atom. The van der Waals surface area contributed by atoms with E-state index in [1.807, 2.05) is 26.0 Å². The number of carbonyl (C=O) groups excluding carboxylic acids is 2. The topological polar surface area (TPSA) is 89.5 Å². The molecule has 164 valence electrons. The zero-order chi connectivity index (χ0) is 23.1. The molecule has 0 bridgehead atoms. The second-order valence-corrected chi connectivity index (χ2v) is 8.81. The lowest BCUT2D eigenvalue weighted by atomic mass is 10.1. The van der Waals surface area contributed by atoms with Crippen molar-refractivity contribution < 1.29 is 22.2 Å². The third-order valence-corrected chi connectivity index (χ3v) is 5.88. The fraction of sp³-hybridized carbons (Fsp3) is 0.120. The summed E-state index contributed by atoms with van der Waals surface area (Å²) in [5, 5.41) is 2.55. The van der Waals surface area contributed by atoms with Crippen LogP contribution in [0.5, 0.6) is 5.75 Å². The molecule has 0 atom stereocenters. The summed E-state index contributed by atoms with van der Waals surface area (Å²) in [5.74, 6) is -0.424. The van der Waals surface area contributed by atoms with Crippen molar-refractivity contribution in [2.45, 2.75) is 18.7 Å². The van der Waals surface area contributed by atoms with Gasteiger partial charge in [-0.3, -0.25) is 9.59 Å². The number of ketones is 1. The maximum absolute atomic E-state index is 12.3. The van der Waals surface area contributed by atoms with Crippen LogP contribution in [-0.2, 0) is 14.9 Å². The van der Waals surface area contributed by atoms with Gasteiger partial charge in [0.1, 0.15) is 10.6 Å². The van der Waals surface area contributed by atoms with Gasteiger partial charge >= 0.3 is 10.1 Å². The second kappa shape index (κ2) is 10.1. The molecule has 0 heterocycles. The van der Waals surface area contributed by atoms with E-state index in [9.17, 15) is 18.0 Å². The van der Waals surface area contributed by atoms with Gasteiger partial charge in [0, 0.05) is 11.6 Å². The number of nitrogens with one attached hydrogen (secondary N) is 1. The number of benzene rings is 3. The molecule has 0 aliphatic rings. The summed E-state index contributed by atoms with van der Waals surface area (Å²) < 4.78 is 29.8. The molecule has 1 amide bonds. The summed E-state index contributed by atoms with van der Waals surface area (Å²) in [6, 6.07) is 19.8. The third-order valence-electron chi connectivity index (χ3n) is 4.62. The first-order valence-electron chi connectivity index (χ1n) is 9.90. The Hall–Kier alpha value is -3.71. The van der Waals surface area contributed by atoms with Crippen molar-refractivity contribution >= 4 is 27.9 Å². The van der Waals surface area contributed by atoms with Crippen molar-refractivity contribution in [1.82, 2.24) is 5.32 Å². The lowest BCUT2D eigenvalue weighted by Crippen LogP contribution is -2.27. The minimum atomic E-state index is -3.92. The Morgan fingerprint density at radius 2 is 1.41 bits per heavy atom. The average molecular weight is 450 g/mol. The van der Waals surface area contributed by atoms with E-state index < -0.39 is 16.0 Å². The first-order valence-corrected chi connectivity index (χ1v) is 11.3. The lowest BCUT2D eigenvalue weighted by Gasteiger charge is -2.07. The molecule has 32 heavy (non-hydrogen) atoms. The number of Topliss-reactive ketones (excluding diaryl/α,β-unsaturated/α-hetero) is 1. The van der Waals surface area contributed by atoms with Gasteiger partial charge in [-0.25, -0.2) is 0 Å². The highest BCUT2D eigenvalue weighted by Crippen LogP contribution is 2.20. The first-order chi connectivity index (χ1) is 15.2. The standard InChI is InChI=1S/C25H23NO5S/c1-18-3-10-21(11-4-18)24(27)17-26-25(28)16-9-20-7-12-22(13-8-20)31-32(29,30)23-14-5-19(2)6-15-23/h3-16H,17H2,1-2H3,(H,26,28)/b16-9+. The van der Waals surface area contributed by atoms with Crippen LogP contribution in [0.15, 0.2) is 83.8 Å². The number of rotatable bonds is 8. The van der Waals surface area contributed by atoms with Crippen molar-refractivity contribution in [1.29, 1.82) is 0 Å². The van der Waals surface area contributed by atoms with Crippen LogP contribution in [0.3, 0.4) is 0 Å². The highest BCUT2D eigenvalue weighted by molar-refractivity contribution is 7.87. The summed E-state index contributed by atoms with van der Waals surface area (Å²) in [7, 11) is -3.92. The molecule has 0 aliphatic carbocycles. The molecule has 1 N–H and O–H groups in total. The van der Waals surface area contributed by atoms with E-state index in [0.29, 0.717) is 11.1 Å². The molecular formula is C25H23NO5S. The van der Waals surface area contributed by atoms with E-state index >= 15 is 0 Å². The Bertz CT molecular complexity index is 1230. The average Bonchev–Trinajstić information content (AvgIpc) is 2.77. The fourth-order valence-corrected chi connectivity index (χ4v) is 3.68. The van der Waals surface area contributed by atoms with Gasteiger partial charge in [-0.15, -0.1) is 0 Å². The van der Waals surface area contributed by atoms with Crippen LogP contribution in [0.4, 0.5) is 0 Å². The SMILES string of the molecule is Cc1ccc(C(=O)CNC(=O)/C=C/c2ccc(OS(=O)(=O)c3ccc(C)cc3)cc2)cc1. The number of aryl methyl sites for hydroxylation is 2. The van der Waals surface area contributed by atoms with Crippen molar-refractivity contribution in [3.05, 3.63) is 101 Å². The van der Waals surface area contributed by atoms with Crippen LogP contribution in [0.1, 0.15) is 27.0 Å². The van der Waals surface area contributed by atoms with Gasteiger partial charge in [0.2, 0.25) is 5.91 Å². The minimum Gasteiger partial charge on any atom is -0.379 e. The highest BCUT2D eigenvalue weighted by Gasteiger charge is 2.16. The molecule has 0 fully saturated rings. The molecule has 7 heteroatoms. The molecule has 0 unspecified atom stereocenters. The molecule has 0 aromatic heterocycles. The fourth-order valence-electron chi connectivity index (χ4n) is 2.75. The molecule has 0 radical (unpaired) electrons. The molecule has 3 aromatic carbocycles. The normalized spacial score (nSPS) is 11.3. The second-order valence-electron chi connectivity index (χ2n) is 7.26.